The molecule has 1 heterocycles. The Morgan fingerprint density at radius 2 is 2.10 bits per heavy atom. The summed E-state index contributed by atoms with van der Waals surface area (Å²) in [5, 5.41) is 3.08. The fourth-order valence-electron chi connectivity index (χ4n) is 1.60. The van der Waals surface area contributed by atoms with E-state index in [1.165, 1.54) is 12.1 Å². The zero-order chi connectivity index (χ0) is 15.4. The van der Waals surface area contributed by atoms with Gasteiger partial charge in [-0.3, -0.25) is 0 Å². The Hall–Kier alpha value is -2.01. The molecule has 0 spiro atoms. The van der Waals surface area contributed by atoms with E-state index < -0.39 is 5.82 Å². The number of rotatable bonds is 5. The minimum Gasteiger partial charge on any atom is -0.476 e. The second-order valence-corrected chi connectivity index (χ2v) is 5.46. The van der Waals surface area contributed by atoms with E-state index in [-0.39, 0.29) is 5.02 Å². The number of nitrogens with two attached hydrogens (primary N) is 1. The van der Waals surface area contributed by atoms with Gasteiger partial charge in [0.1, 0.15) is 11.6 Å². The van der Waals surface area contributed by atoms with Crippen molar-refractivity contribution in [2.45, 2.75) is 13.8 Å². The van der Waals surface area contributed by atoms with Crippen molar-refractivity contribution in [3.63, 3.8) is 0 Å². The predicted octanol–water partition coefficient (Wildman–Crippen LogP) is 4.23. The first-order chi connectivity index (χ1) is 9.95. The molecule has 0 saturated carbocycles. The van der Waals surface area contributed by atoms with E-state index in [1.54, 1.807) is 18.2 Å². The van der Waals surface area contributed by atoms with Gasteiger partial charge in [0, 0.05) is 5.69 Å². The smallest absolute Gasteiger partial charge is 0.239 e. The van der Waals surface area contributed by atoms with Crippen LogP contribution >= 0.6 is 11.6 Å². The standard InChI is InChI=1S/C15H17ClFN3O/c1-9(2)8-21-15-13(18)5-6-14(20-15)19-10-3-4-12(17)11(16)7-10/h3-7,9H,8,18H2,1-2H3,(H,19,20). The van der Waals surface area contributed by atoms with Crippen molar-refractivity contribution in [2.75, 3.05) is 17.7 Å². The average molecular weight is 310 g/mol. The number of aromatic nitrogens is 1. The molecule has 0 aliphatic heterocycles. The molecule has 0 fully saturated rings. The zero-order valence-corrected chi connectivity index (χ0v) is 12.6. The first kappa shape index (κ1) is 15.4. The van der Waals surface area contributed by atoms with Crippen molar-refractivity contribution in [2.24, 2.45) is 5.92 Å². The van der Waals surface area contributed by atoms with E-state index in [0.29, 0.717) is 35.6 Å². The number of hydrogen-bond acceptors (Lipinski definition) is 4. The molecule has 0 amide bonds. The number of nitrogens with zero attached hydrogens (tertiary/aromatic N) is 1. The molecular formula is C15H17ClFN3O. The van der Waals surface area contributed by atoms with Crippen LogP contribution in [-0.4, -0.2) is 11.6 Å². The van der Waals surface area contributed by atoms with Crippen LogP contribution in [0, 0.1) is 11.7 Å². The molecule has 0 aliphatic rings. The van der Waals surface area contributed by atoms with Crippen molar-refractivity contribution in [3.05, 3.63) is 41.2 Å². The minimum atomic E-state index is -0.464. The van der Waals surface area contributed by atoms with Crippen molar-refractivity contribution >= 4 is 28.8 Å². The summed E-state index contributed by atoms with van der Waals surface area (Å²) in [6, 6.07) is 7.78. The van der Waals surface area contributed by atoms with Gasteiger partial charge in [0.2, 0.25) is 5.88 Å². The molecule has 3 N–H and O–H groups in total. The number of halogens is 2. The lowest BCUT2D eigenvalue weighted by Crippen LogP contribution is -2.08. The maximum Gasteiger partial charge on any atom is 0.239 e. The van der Waals surface area contributed by atoms with Crippen LogP contribution in [0.1, 0.15) is 13.8 Å². The predicted molar refractivity (Wildman–Crippen MR) is 83.7 cm³/mol. The zero-order valence-electron chi connectivity index (χ0n) is 11.9. The van der Waals surface area contributed by atoms with Gasteiger partial charge in [0.05, 0.1) is 17.3 Å². The number of pyridine rings is 1. The van der Waals surface area contributed by atoms with Crippen molar-refractivity contribution in [1.29, 1.82) is 0 Å². The third kappa shape index (κ3) is 4.23. The normalized spacial score (nSPS) is 10.7. The molecule has 2 aromatic rings. The van der Waals surface area contributed by atoms with Crippen molar-refractivity contribution < 1.29 is 9.13 Å². The SMILES string of the molecule is CC(C)COc1nc(Nc2ccc(F)c(Cl)c2)ccc1N. The monoisotopic (exact) mass is 309 g/mol. The summed E-state index contributed by atoms with van der Waals surface area (Å²) >= 11 is 5.74. The van der Waals surface area contributed by atoms with Gasteiger partial charge in [-0.25, -0.2) is 4.39 Å². The molecule has 0 radical (unpaired) electrons. The van der Waals surface area contributed by atoms with Crippen LogP contribution in [0.3, 0.4) is 0 Å². The number of anilines is 3. The lowest BCUT2D eigenvalue weighted by Gasteiger charge is -2.12. The highest BCUT2D eigenvalue weighted by Crippen LogP contribution is 2.25. The Balaban J connectivity index is 2.16. The van der Waals surface area contributed by atoms with Crippen molar-refractivity contribution in [1.82, 2.24) is 4.98 Å². The van der Waals surface area contributed by atoms with Gasteiger partial charge < -0.3 is 15.8 Å². The Labute approximate surface area is 128 Å². The average Bonchev–Trinajstić information content (AvgIpc) is 2.43. The van der Waals surface area contributed by atoms with Crippen LogP contribution < -0.4 is 15.8 Å². The topological polar surface area (TPSA) is 60.2 Å². The molecule has 112 valence electrons. The molecule has 6 heteroatoms. The summed E-state index contributed by atoms with van der Waals surface area (Å²) in [5.41, 5.74) is 6.93. The molecule has 1 aromatic carbocycles. The fraction of sp³-hybridized carbons (Fsp3) is 0.267. The number of benzene rings is 1. The molecule has 2 rings (SSSR count). The van der Waals surface area contributed by atoms with E-state index in [4.69, 9.17) is 22.1 Å². The first-order valence-corrected chi connectivity index (χ1v) is 6.95. The Morgan fingerprint density at radius 3 is 2.76 bits per heavy atom. The number of ether oxygens (including phenoxy) is 1. The van der Waals surface area contributed by atoms with Crippen LogP contribution in [0.5, 0.6) is 5.88 Å². The Morgan fingerprint density at radius 1 is 1.33 bits per heavy atom. The molecule has 0 unspecified atom stereocenters. The van der Waals surface area contributed by atoms with Gasteiger partial charge in [-0.2, -0.15) is 4.98 Å². The maximum atomic E-state index is 13.1. The number of hydrogen-bond donors (Lipinski definition) is 2. The third-order valence-electron chi connectivity index (χ3n) is 2.64. The second-order valence-electron chi connectivity index (χ2n) is 5.05. The van der Waals surface area contributed by atoms with Crippen LogP contribution in [0.15, 0.2) is 30.3 Å². The van der Waals surface area contributed by atoms with Gasteiger partial charge >= 0.3 is 0 Å². The summed E-state index contributed by atoms with van der Waals surface area (Å²) < 4.78 is 18.7. The van der Waals surface area contributed by atoms with Gasteiger partial charge in [-0.15, -0.1) is 0 Å². The Kier molecular flexibility index (Phi) is 4.85. The molecule has 0 atom stereocenters. The quantitative estimate of drug-likeness (QED) is 0.867. The van der Waals surface area contributed by atoms with Crippen LogP contribution in [0.25, 0.3) is 0 Å². The second kappa shape index (κ2) is 6.63. The highest BCUT2D eigenvalue weighted by atomic mass is 35.5. The van der Waals surface area contributed by atoms with Gasteiger partial charge in [0.15, 0.2) is 0 Å². The summed E-state index contributed by atoms with van der Waals surface area (Å²) in [4.78, 5) is 4.30. The Bertz CT molecular complexity index is 634. The molecular weight excluding hydrogens is 293 g/mol. The van der Waals surface area contributed by atoms with Gasteiger partial charge in [-0.1, -0.05) is 25.4 Å². The maximum absolute atomic E-state index is 13.1. The van der Waals surface area contributed by atoms with Crippen LogP contribution in [-0.2, 0) is 0 Å². The van der Waals surface area contributed by atoms with Crippen LogP contribution in [0.2, 0.25) is 5.02 Å². The number of nitrogen functional groups attached to an aromatic ring is 1. The van der Waals surface area contributed by atoms with E-state index in [1.807, 2.05) is 13.8 Å². The van der Waals surface area contributed by atoms with Gasteiger partial charge in [-0.05, 0) is 36.2 Å². The van der Waals surface area contributed by atoms with Crippen LogP contribution in [0.4, 0.5) is 21.6 Å². The minimum absolute atomic E-state index is 0.0479. The third-order valence-corrected chi connectivity index (χ3v) is 2.92. The summed E-state index contributed by atoms with van der Waals surface area (Å²) in [5.74, 6) is 0.833. The molecule has 0 bridgehead atoms. The highest BCUT2D eigenvalue weighted by Gasteiger charge is 2.07. The molecule has 1 aromatic heterocycles. The first-order valence-electron chi connectivity index (χ1n) is 6.57. The number of nitrogens with one attached hydrogen (secondary N) is 1. The highest BCUT2D eigenvalue weighted by molar-refractivity contribution is 6.31. The van der Waals surface area contributed by atoms with E-state index in [0.717, 1.165) is 0 Å². The lowest BCUT2D eigenvalue weighted by atomic mass is 10.2. The summed E-state index contributed by atoms with van der Waals surface area (Å²) in [6.07, 6.45) is 0. The molecule has 0 aliphatic carbocycles. The van der Waals surface area contributed by atoms with E-state index in [9.17, 15) is 4.39 Å². The molecule has 0 saturated heterocycles. The van der Waals surface area contributed by atoms with Crippen molar-refractivity contribution in [3.8, 4) is 5.88 Å². The van der Waals surface area contributed by atoms with Gasteiger partial charge in [0.25, 0.3) is 0 Å². The molecule has 21 heavy (non-hydrogen) atoms. The van der Waals surface area contributed by atoms with E-state index in [2.05, 4.69) is 10.3 Å². The fourth-order valence-corrected chi connectivity index (χ4v) is 1.78. The van der Waals surface area contributed by atoms with E-state index >= 15 is 0 Å². The largest absolute Gasteiger partial charge is 0.476 e. The summed E-state index contributed by atoms with van der Waals surface area (Å²) in [7, 11) is 0. The summed E-state index contributed by atoms with van der Waals surface area (Å²) in [6.45, 7) is 4.61. The molecule has 4 nitrogen and oxygen atoms in total. The lowest BCUT2D eigenvalue weighted by molar-refractivity contribution is 0.263.